The maximum Gasteiger partial charge on any atom is 0.342 e. The highest BCUT2D eigenvalue weighted by atomic mass is 35.5. The Morgan fingerprint density at radius 1 is 1.42 bits per heavy atom. The van der Waals surface area contributed by atoms with Crippen molar-refractivity contribution in [3.05, 3.63) is 0 Å². The zero-order valence-electron chi connectivity index (χ0n) is 7.40. The molecule has 0 spiro atoms. The summed E-state index contributed by atoms with van der Waals surface area (Å²) in [6.45, 7) is 4.15. The van der Waals surface area contributed by atoms with Crippen molar-refractivity contribution in [1.29, 1.82) is 0 Å². The number of rotatable bonds is 5. The normalized spacial score (nSPS) is 11.3. The summed E-state index contributed by atoms with van der Waals surface area (Å²) in [6, 6.07) is 0. The molecule has 0 amide bonds. The molecule has 0 aromatic carbocycles. The van der Waals surface area contributed by atoms with Crippen molar-refractivity contribution in [2.75, 3.05) is 6.61 Å². The van der Waals surface area contributed by atoms with Gasteiger partial charge in [-0.25, -0.2) is 4.79 Å². The van der Waals surface area contributed by atoms with E-state index in [0.717, 1.165) is 12.8 Å². The SMILES string of the molecule is CCCCOC(=O)C(Cl)(Cl)CC. The van der Waals surface area contributed by atoms with Crippen LogP contribution in [0.15, 0.2) is 0 Å². The second-order valence-electron chi connectivity index (χ2n) is 2.55. The van der Waals surface area contributed by atoms with Crippen molar-refractivity contribution in [1.82, 2.24) is 0 Å². The predicted molar refractivity (Wildman–Crippen MR) is 50.6 cm³/mol. The highest BCUT2D eigenvalue weighted by Crippen LogP contribution is 2.26. The number of alkyl halides is 2. The third-order valence-electron chi connectivity index (χ3n) is 1.47. The lowest BCUT2D eigenvalue weighted by Gasteiger charge is -2.15. The third kappa shape index (κ3) is 4.17. The summed E-state index contributed by atoms with van der Waals surface area (Å²) in [6.07, 6.45) is 2.19. The zero-order chi connectivity index (χ0) is 9.61. The van der Waals surface area contributed by atoms with Gasteiger partial charge in [-0.15, -0.1) is 0 Å². The van der Waals surface area contributed by atoms with Crippen molar-refractivity contribution in [2.24, 2.45) is 0 Å². The van der Waals surface area contributed by atoms with E-state index in [0.29, 0.717) is 13.0 Å². The summed E-state index contributed by atoms with van der Waals surface area (Å²) in [5, 5.41) is 0. The molecule has 72 valence electrons. The van der Waals surface area contributed by atoms with Gasteiger partial charge in [0, 0.05) is 0 Å². The molecule has 0 rings (SSSR count). The largest absolute Gasteiger partial charge is 0.463 e. The first-order valence-corrected chi connectivity index (χ1v) is 4.85. The van der Waals surface area contributed by atoms with E-state index in [4.69, 9.17) is 27.9 Å². The van der Waals surface area contributed by atoms with Gasteiger partial charge in [0.25, 0.3) is 0 Å². The standard InChI is InChI=1S/C8H14Cl2O2/c1-3-5-6-12-7(11)8(9,10)4-2/h3-6H2,1-2H3. The highest BCUT2D eigenvalue weighted by molar-refractivity contribution is 6.57. The maximum atomic E-state index is 11.1. The Morgan fingerprint density at radius 2 is 2.00 bits per heavy atom. The molecule has 0 atom stereocenters. The topological polar surface area (TPSA) is 26.3 Å². The van der Waals surface area contributed by atoms with Gasteiger partial charge in [0.1, 0.15) is 0 Å². The Hall–Kier alpha value is 0.0500. The molecular weight excluding hydrogens is 199 g/mol. The summed E-state index contributed by atoms with van der Waals surface area (Å²) >= 11 is 11.3. The molecule has 0 aromatic heterocycles. The van der Waals surface area contributed by atoms with Crippen LogP contribution in [0.4, 0.5) is 0 Å². The molecular formula is C8H14Cl2O2. The van der Waals surface area contributed by atoms with Crippen molar-refractivity contribution in [2.45, 2.75) is 37.4 Å². The quantitative estimate of drug-likeness (QED) is 0.398. The van der Waals surface area contributed by atoms with Crippen LogP contribution in [-0.2, 0) is 9.53 Å². The average molecular weight is 213 g/mol. The summed E-state index contributed by atoms with van der Waals surface area (Å²) in [7, 11) is 0. The Kier molecular flexibility index (Phi) is 5.68. The van der Waals surface area contributed by atoms with Gasteiger partial charge in [-0.1, -0.05) is 43.5 Å². The molecule has 4 heteroatoms. The van der Waals surface area contributed by atoms with Crippen molar-refractivity contribution >= 4 is 29.2 Å². The van der Waals surface area contributed by atoms with Crippen molar-refractivity contribution in [3.63, 3.8) is 0 Å². The smallest absolute Gasteiger partial charge is 0.342 e. The van der Waals surface area contributed by atoms with E-state index < -0.39 is 10.3 Å². The molecule has 0 saturated carbocycles. The second kappa shape index (κ2) is 5.65. The maximum absolute atomic E-state index is 11.1. The summed E-state index contributed by atoms with van der Waals surface area (Å²) in [5.74, 6) is -0.540. The number of unbranched alkanes of at least 4 members (excludes halogenated alkanes) is 1. The van der Waals surface area contributed by atoms with Crippen LogP contribution in [0.25, 0.3) is 0 Å². The van der Waals surface area contributed by atoms with Crippen LogP contribution in [0.1, 0.15) is 33.1 Å². The van der Waals surface area contributed by atoms with Gasteiger partial charge in [0.15, 0.2) is 0 Å². The van der Waals surface area contributed by atoms with E-state index in [-0.39, 0.29) is 0 Å². The van der Waals surface area contributed by atoms with Gasteiger partial charge in [-0.2, -0.15) is 0 Å². The van der Waals surface area contributed by atoms with Gasteiger partial charge in [0.05, 0.1) is 6.61 Å². The third-order valence-corrected chi connectivity index (χ3v) is 2.32. The molecule has 0 unspecified atom stereocenters. The Bertz CT molecular complexity index is 146. The fourth-order valence-corrected chi connectivity index (χ4v) is 0.668. The first-order valence-electron chi connectivity index (χ1n) is 4.09. The van der Waals surface area contributed by atoms with E-state index in [1.807, 2.05) is 6.92 Å². The van der Waals surface area contributed by atoms with Crippen molar-refractivity contribution in [3.8, 4) is 0 Å². The molecule has 0 saturated heterocycles. The van der Waals surface area contributed by atoms with E-state index in [9.17, 15) is 4.79 Å². The number of carbonyl (C=O) groups is 1. The van der Waals surface area contributed by atoms with Gasteiger partial charge in [-0.3, -0.25) is 0 Å². The summed E-state index contributed by atoms with van der Waals surface area (Å²) < 4.78 is 3.47. The lowest BCUT2D eigenvalue weighted by atomic mass is 10.3. The molecule has 0 aliphatic heterocycles. The van der Waals surface area contributed by atoms with E-state index >= 15 is 0 Å². The van der Waals surface area contributed by atoms with Gasteiger partial charge in [-0.05, 0) is 12.8 Å². The Morgan fingerprint density at radius 3 is 2.42 bits per heavy atom. The van der Waals surface area contributed by atoms with Crippen LogP contribution in [0.3, 0.4) is 0 Å². The van der Waals surface area contributed by atoms with E-state index in [2.05, 4.69) is 0 Å². The fourth-order valence-electron chi connectivity index (χ4n) is 0.559. The van der Waals surface area contributed by atoms with Crippen LogP contribution < -0.4 is 0 Å². The molecule has 12 heavy (non-hydrogen) atoms. The second-order valence-corrected chi connectivity index (χ2v) is 4.03. The summed E-state index contributed by atoms with van der Waals surface area (Å²) in [5.41, 5.74) is 0. The van der Waals surface area contributed by atoms with Crippen LogP contribution >= 0.6 is 23.2 Å². The molecule has 0 aliphatic carbocycles. The van der Waals surface area contributed by atoms with E-state index in [1.165, 1.54) is 0 Å². The first kappa shape index (κ1) is 12.0. The van der Waals surface area contributed by atoms with Crippen molar-refractivity contribution < 1.29 is 9.53 Å². The minimum Gasteiger partial charge on any atom is -0.463 e. The minimum atomic E-state index is -1.37. The van der Waals surface area contributed by atoms with Crippen LogP contribution in [0.2, 0.25) is 0 Å². The summed E-state index contributed by atoms with van der Waals surface area (Å²) in [4.78, 5) is 11.1. The highest BCUT2D eigenvalue weighted by Gasteiger charge is 2.32. The average Bonchev–Trinajstić information content (AvgIpc) is 2.05. The number of esters is 1. The predicted octanol–water partition coefficient (Wildman–Crippen LogP) is 2.91. The van der Waals surface area contributed by atoms with Gasteiger partial charge in [0.2, 0.25) is 4.33 Å². The number of hydrogen-bond acceptors (Lipinski definition) is 2. The molecule has 0 aromatic rings. The number of ether oxygens (including phenoxy) is 1. The lowest BCUT2D eigenvalue weighted by Crippen LogP contribution is -2.27. The van der Waals surface area contributed by atoms with Gasteiger partial charge < -0.3 is 4.74 Å². The number of hydrogen-bond donors (Lipinski definition) is 0. The van der Waals surface area contributed by atoms with E-state index in [1.54, 1.807) is 6.92 Å². The Labute approximate surface area is 83.2 Å². The van der Waals surface area contributed by atoms with Gasteiger partial charge >= 0.3 is 5.97 Å². The minimum absolute atomic E-state index is 0.362. The molecule has 0 aliphatic rings. The van der Waals surface area contributed by atoms with Crippen LogP contribution in [-0.4, -0.2) is 16.9 Å². The molecule has 2 nitrogen and oxygen atoms in total. The Balaban J connectivity index is 3.72. The zero-order valence-corrected chi connectivity index (χ0v) is 8.91. The lowest BCUT2D eigenvalue weighted by molar-refractivity contribution is -0.144. The van der Waals surface area contributed by atoms with Crippen LogP contribution in [0.5, 0.6) is 0 Å². The fraction of sp³-hybridized carbons (Fsp3) is 0.875. The molecule has 0 bridgehead atoms. The monoisotopic (exact) mass is 212 g/mol. The molecule has 0 fully saturated rings. The molecule has 0 heterocycles. The number of halogens is 2. The number of carbonyl (C=O) groups excluding carboxylic acids is 1. The molecule has 0 N–H and O–H groups in total. The first-order chi connectivity index (χ1) is 5.54. The van der Waals surface area contributed by atoms with Crippen LogP contribution in [0, 0.1) is 0 Å². The molecule has 0 radical (unpaired) electrons.